The molecule has 0 unspecified atom stereocenters. The van der Waals surface area contributed by atoms with Crippen LogP contribution in [0.4, 0.5) is 0 Å². The smallest absolute Gasteiger partial charge is 0.194 e. The maximum absolute atomic E-state index is 4.76. The number of imidazole rings is 1. The van der Waals surface area contributed by atoms with Crippen LogP contribution >= 0.6 is 11.3 Å². The van der Waals surface area contributed by atoms with E-state index in [1.165, 1.54) is 0 Å². The maximum Gasteiger partial charge on any atom is 0.194 e. The van der Waals surface area contributed by atoms with Gasteiger partial charge in [-0.3, -0.25) is 4.57 Å². The van der Waals surface area contributed by atoms with Gasteiger partial charge in [0.2, 0.25) is 0 Å². The first kappa shape index (κ1) is 13.3. The predicted octanol–water partition coefficient (Wildman–Crippen LogP) is 3.66. The van der Waals surface area contributed by atoms with Gasteiger partial charge in [-0.2, -0.15) is 5.10 Å². The highest BCUT2D eigenvalue weighted by molar-refractivity contribution is 7.12. The third kappa shape index (κ3) is 1.99. The van der Waals surface area contributed by atoms with E-state index < -0.39 is 0 Å². The van der Waals surface area contributed by atoms with Gasteiger partial charge < -0.3 is 4.98 Å². The first-order valence-electron chi connectivity index (χ1n) is 7.47. The molecule has 5 rings (SSSR count). The first-order valence-corrected chi connectivity index (χ1v) is 8.35. The van der Waals surface area contributed by atoms with Crippen molar-refractivity contribution in [2.45, 2.75) is 0 Å². The molecule has 24 heavy (non-hydrogen) atoms. The maximum atomic E-state index is 4.76. The Kier molecular flexibility index (Phi) is 2.86. The van der Waals surface area contributed by atoms with Crippen molar-refractivity contribution >= 4 is 22.5 Å². The molecule has 0 aliphatic rings. The number of nitrogens with zero attached hydrogens (tertiary/aromatic N) is 5. The molecule has 1 aromatic carbocycles. The van der Waals surface area contributed by atoms with E-state index in [-0.39, 0.29) is 0 Å². The van der Waals surface area contributed by atoms with Crippen molar-refractivity contribution in [3.63, 3.8) is 0 Å². The van der Waals surface area contributed by atoms with E-state index in [2.05, 4.69) is 15.1 Å². The van der Waals surface area contributed by atoms with Crippen molar-refractivity contribution in [2.75, 3.05) is 0 Å². The van der Waals surface area contributed by atoms with Crippen LogP contribution in [0.3, 0.4) is 0 Å². The minimum Gasteiger partial charge on any atom is -0.334 e. The molecular weight excluding hydrogens is 320 g/mol. The largest absolute Gasteiger partial charge is 0.334 e. The van der Waals surface area contributed by atoms with Crippen LogP contribution in [0.1, 0.15) is 0 Å². The van der Waals surface area contributed by atoms with Crippen molar-refractivity contribution in [2.24, 2.45) is 0 Å². The monoisotopic (exact) mass is 332 g/mol. The molecule has 7 heteroatoms. The minimum atomic E-state index is 0.798. The van der Waals surface area contributed by atoms with Crippen molar-refractivity contribution in [1.29, 1.82) is 0 Å². The van der Waals surface area contributed by atoms with E-state index in [9.17, 15) is 0 Å². The zero-order chi connectivity index (χ0) is 15.9. The van der Waals surface area contributed by atoms with Gasteiger partial charge in [0.25, 0.3) is 0 Å². The fourth-order valence-corrected chi connectivity index (χ4v) is 3.39. The number of rotatable bonds is 3. The van der Waals surface area contributed by atoms with E-state index in [0.29, 0.717) is 0 Å². The van der Waals surface area contributed by atoms with Gasteiger partial charge in [-0.15, -0.1) is 11.3 Å². The van der Waals surface area contributed by atoms with Gasteiger partial charge in [0.1, 0.15) is 5.52 Å². The average molecular weight is 332 g/mol. The topological polar surface area (TPSA) is 64.3 Å². The molecule has 0 saturated carbocycles. The molecule has 0 bridgehead atoms. The van der Waals surface area contributed by atoms with Crippen LogP contribution in [0.25, 0.3) is 33.5 Å². The summed E-state index contributed by atoms with van der Waals surface area (Å²) >= 11 is 1.59. The van der Waals surface area contributed by atoms with Crippen LogP contribution in [-0.4, -0.2) is 29.3 Å². The molecule has 0 aliphatic heterocycles. The SMILES string of the molecule is c1ccc(-n2ncc3[nH]c(-c4cccn4-c4nccs4)nc32)cc1. The quantitative estimate of drug-likeness (QED) is 0.548. The van der Waals surface area contributed by atoms with Crippen LogP contribution in [0, 0.1) is 0 Å². The Morgan fingerprint density at radius 2 is 1.96 bits per heavy atom. The Morgan fingerprint density at radius 1 is 1.04 bits per heavy atom. The fraction of sp³-hybridized carbons (Fsp3) is 0. The van der Waals surface area contributed by atoms with Gasteiger partial charge >= 0.3 is 0 Å². The zero-order valence-electron chi connectivity index (χ0n) is 12.5. The summed E-state index contributed by atoms with van der Waals surface area (Å²) in [7, 11) is 0. The van der Waals surface area contributed by atoms with Gasteiger partial charge in [-0.25, -0.2) is 14.6 Å². The number of nitrogens with one attached hydrogen (secondary N) is 1. The predicted molar refractivity (Wildman–Crippen MR) is 93.7 cm³/mol. The highest BCUT2D eigenvalue weighted by atomic mass is 32.1. The Balaban J connectivity index is 1.65. The summed E-state index contributed by atoms with van der Waals surface area (Å²) in [6, 6.07) is 14.0. The van der Waals surface area contributed by atoms with Crippen molar-refractivity contribution < 1.29 is 0 Å². The Hall–Kier alpha value is -3.19. The molecule has 4 aromatic heterocycles. The molecule has 1 N–H and O–H groups in total. The molecule has 0 aliphatic carbocycles. The third-order valence-corrected chi connectivity index (χ3v) is 4.60. The Bertz CT molecular complexity index is 1100. The molecular formula is C17H12N6S. The molecule has 0 atom stereocenters. The standard InChI is InChI=1S/C17H12N6S/c1-2-5-12(6-3-1)23-16-13(11-19-23)20-15(21-16)14-7-4-9-22(14)17-18-8-10-24-17/h1-11H,(H,20,21). The molecule has 116 valence electrons. The van der Waals surface area contributed by atoms with Crippen molar-refractivity contribution in [1.82, 2.24) is 29.3 Å². The van der Waals surface area contributed by atoms with Gasteiger partial charge in [0, 0.05) is 17.8 Å². The van der Waals surface area contributed by atoms with E-state index >= 15 is 0 Å². The number of H-pyrrole nitrogens is 1. The number of thiazole rings is 1. The molecule has 0 radical (unpaired) electrons. The molecule has 0 amide bonds. The van der Waals surface area contributed by atoms with Crippen LogP contribution in [-0.2, 0) is 0 Å². The number of aromatic amines is 1. The van der Waals surface area contributed by atoms with E-state index in [1.54, 1.807) is 23.7 Å². The minimum absolute atomic E-state index is 0.798. The van der Waals surface area contributed by atoms with Gasteiger partial charge in [-0.05, 0) is 24.3 Å². The summed E-state index contributed by atoms with van der Waals surface area (Å²) in [5.74, 6) is 0.798. The Labute approximate surface area is 141 Å². The van der Waals surface area contributed by atoms with E-state index in [1.807, 2.05) is 63.3 Å². The number of para-hydroxylation sites is 1. The summed E-state index contributed by atoms with van der Waals surface area (Å²) < 4.78 is 3.87. The number of fused-ring (bicyclic) bond motifs is 1. The van der Waals surface area contributed by atoms with Crippen LogP contribution < -0.4 is 0 Å². The second-order valence-corrected chi connectivity index (χ2v) is 6.17. The third-order valence-electron chi connectivity index (χ3n) is 3.83. The highest BCUT2D eigenvalue weighted by Crippen LogP contribution is 2.25. The average Bonchev–Trinajstić information content (AvgIpc) is 3.36. The van der Waals surface area contributed by atoms with Crippen LogP contribution in [0.5, 0.6) is 0 Å². The lowest BCUT2D eigenvalue weighted by molar-refractivity contribution is 0.896. The summed E-state index contributed by atoms with van der Waals surface area (Å²) in [6.07, 6.45) is 5.59. The first-order chi connectivity index (χ1) is 11.9. The molecule has 6 nitrogen and oxygen atoms in total. The zero-order valence-corrected chi connectivity index (χ0v) is 13.3. The van der Waals surface area contributed by atoms with Crippen LogP contribution in [0.15, 0.2) is 66.4 Å². The second-order valence-electron chi connectivity index (χ2n) is 5.29. The molecule has 5 aromatic rings. The fourth-order valence-electron chi connectivity index (χ4n) is 2.75. The van der Waals surface area contributed by atoms with Gasteiger partial charge in [0.05, 0.1) is 17.6 Å². The second kappa shape index (κ2) is 5.17. The summed E-state index contributed by atoms with van der Waals surface area (Å²) in [4.78, 5) is 12.5. The number of benzene rings is 1. The van der Waals surface area contributed by atoms with Crippen molar-refractivity contribution in [3.05, 3.63) is 66.4 Å². The Morgan fingerprint density at radius 3 is 2.79 bits per heavy atom. The summed E-state index contributed by atoms with van der Waals surface area (Å²) in [5.41, 5.74) is 3.67. The number of hydrogen-bond donors (Lipinski definition) is 1. The molecule has 0 fully saturated rings. The summed E-state index contributed by atoms with van der Waals surface area (Å²) in [5, 5.41) is 7.31. The van der Waals surface area contributed by atoms with Gasteiger partial charge in [-0.1, -0.05) is 18.2 Å². The van der Waals surface area contributed by atoms with Gasteiger partial charge in [0.15, 0.2) is 16.6 Å². The van der Waals surface area contributed by atoms with Crippen LogP contribution in [0.2, 0.25) is 0 Å². The molecule has 0 saturated heterocycles. The lowest BCUT2D eigenvalue weighted by Crippen LogP contribution is -1.97. The number of aromatic nitrogens is 6. The molecule has 0 spiro atoms. The van der Waals surface area contributed by atoms with Crippen molar-refractivity contribution in [3.8, 4) is 22.3 Å². The van der Waals surface area contributed by atoms with E-state index in [4.69, 9.17) is 4.98 Å². The lowest BCUT2D eigenvalue weighted by atomic mass is 10.3. The summed E-state index contributed by atoms with van der Waals surface area (Å²) in [6.45, 7) is 0. The highest BCUT2D eigenvalue weighted by Gasteiger charge is 2.15. The molecule has 4 heterocycles. The lowest BCUT2D eigenvalue weighted by Gasteiger charge is -2.03. The normalized spacial score (nSPS) is 11.3. The van der Waals surface area contributed by atoms with E-state index in [0.717, 1.165) is 33.5 Å². The number of hydrogen-bond acceptors (Lipinski definition) is 4.